The van der Waals surface area contributed by atoms with E-state index in [1.807, 2.05) is 17.6 Å². The van der Waals surface area contributed by atoms with Crippen molar-refractivity contribution in [1.29, 1.82) is 0 Å². The summed E-state index contributed by atoms with van der Waals surface area (Å²) in [5.74, 6) is -0.0719. The fraction of sp³-hybridized carbons (Fsp3) is 0.348. The first-order valence-corrected chi connectivity index (χ1v) is 11.1. The molecule has 1 aliphatic rings. The smallest absolute Gasteiger partial charge is 0.272 e. The molecule has 1 N–H and O–H groups in total. The molecule has 2 amide bonds. The van der Waals surface area contributed by atoms with Crippen molar-refractivity contribution < 1.29 is 9.59 Å². The van der Waals surface area contributed by atoms with E-state index >= 15 is 0 Å². The molecule has 7 heteroatoms. The van der Waals surface area contributed by atoms with Crippen LogP contribution in [0.2, 0.25) is 0 Å². The number of hydrogen-bond donors (Lipinski definition) is 1. The Morgan fingerprint density at radius 2 is 2.03 bits per heavy atom. The standard InChI is InChI=1S/C23H26N4O2S/c1-3-26-16-25-14-19(26)21(28)27-11-10-23(15-27,22(29)24-2)13-17-6-8-18(9-7-17)20-5-4-12-30-20/h4-9,12,14,16H,3,10-11,13,15H2,1-2H3,(H,24,29). The number of carbonyl (C=O) groups excluding carboxylic acids is 2. The number of aryl methyl sites for hydroxylation is 1. The number of hydrogen-bond acceptors (Lipinski definition) is 4. The molecular weight excluding hydrogens is 396 g/mol. The first-order chi connectivity index (χ1) is 14.6. The van der Waals surface area contributed by atoms with Gasteiger partial charge in [0.15, 0.2) is 0 Å². The average molecular weight is 423 g/mol. The van der Waals surface area contributed by atoms with Crippen molar-refractivity contribution in [3.63, 3.8) is 0 Å². The van der Waals surface area contributed by atoms with Crippen molar-refractivity contribution in [2.75, 3.05) is 20.1 Å². The fourth-order valence-electron chi connectivity index (χ4n) is 4.25. The lowest BCUT2D eigenvalue weighted by molar-refractivity contribution is -0.129. The number of rotatable bonds is 6. The van der Waals surface area contributed by atoms with Gasteiger partial charge in [-0.2, -0.15) is 0 Å². The van der Waals surface area contributed by atoms with Gasteiger partial charge in [-0.15, -0.1) is 11.3 Å². The van der Waals surface area contributed by atoms with Gasteiger partial charge in [-0.05, 0) is 42.3 Å². The maximum atomic E-state index is 13.0. The Kier molecular flexibility index (Phi) is 5.72. The molecule has 0 bridgehead atoms. The van der Waals surface area contributed by atoms with E-state index in [0.717, 1.165) is 5.56 Å². The quantitative estimate of drug-likeness (QED) is 0.662. The molecule has 156 valence electrons. The van der Waals surface area contributed by atoms with Gasteiger partial charge in [0.1, 0.15) is 5.69 Å². The number of imidazole rings is 1. The summed E-state index contributed by atoms with van der Waals surface area (Å²) >= 11 is 1.71. The Hall–Kier alpha value is -2.93. The van der Waals surface area contributed by atoms with Gasteiger partial charge in [0.25, 0.3) is 5.91 Å². The van der Waals surface area contributed by atoms with Crippen molar-refractivity contribution in [3.05, 3.63) is 65.6 Å². The number of nitrogens with zero attached hydrogens (tertiary/aromatic N) is 3. The van der Waals surface area contributed by atoms with Crippen LogP contribution in [0.1, 0.15) is 29.4 Å². The van der Waals surface area contributed by atoms with Gasteiger partial charge >= 0.3 is 0 Å². The van der Waals surface area contributed by atoms with Crippen molar-refractivity contribution in [2.45, 2.75) is 26.3 Å². The second-order valence-corrected chi connectivity index (χ2v) is 8.70. The maximum absolute atomic E-state index is 13.0. The molecule has 1 atom stereocenters. The molecule has 3 aromatic rings. The molecule has 0 saturated carbocycles. The minimum absolute atomic E-state index is 0.0101. The largest absolute Gasteiger partial charge is 0.359 e. The molecule has 2 aromatic heterocycles. The summed E-state index contributed by atoms with van der Waals surface area (Å²) < 4.78 is 1.84. The zero-order chi connectivity index (χ0) is 21.1. The number of amides is 2. The van der Waals surface area contributed by atoms with Gasteiger partial charge < -0.3 is 14.8 Å². The van der Waals surface area contributed by atoms with Gasteiger partial charge in [-0.25, -0.2) is 4.98 Å². The van der Waals surface area contributed by atoms with Gasteiger partial charge in [-0.3, -0.25) is 9.59 Å². The predicted molar refractivity (Wildman–Crippen MR) is 118 cm³/mol. The van der Waals surface area contributed by atoms with Crippen molar-refractivity contribution >= 4 is 23.2 Å². The first kappa shape index (κ1) is 20.3. The Balaban J connectivity index is 1.54. The van der Waals surface area contributed by atoms with Crippen LogP contribution < -0.4 is 5.32 Å². The van der Waals surface area contributed by atoms with E-state index in [2.05, 4.69) is 46.0 Å². The zero-order valence-electron chi connectivity index (χ0n) is 17.3. The van der Waals surface area contributed by atoms with Crippen LogP contribution in [0.4, 0.5) is 0 Å². The predicted octanol–water partition coefficient (Wildman–Crippen LogP) is 3.45. The van der Waals surface area contributed by atoms with Crippen LogP contribution in [0, 0.1) is 5.41 Å². The number of benzene rings is 1. The minimum atomic E-state index is -0.619. The molecule has 30 heavy (non-hydrogen) atoms. The van der Waals surface area contributed by atoms with E-state index in [0.29, 0.717) is 38.2 Å². The van der Waals surface area contributed by atoms with Crippen LogP contribution in [0.3, 0.4) is 0 Å². The second-order valence-electron chi connectivity index (χ2n) is 7.75. The molecule has 6 nitrogen and oxygen atoms in total. The van der Waals surface area contributed by atoms with E-state index in [4.69, 9.17) is 0 Å². The van der Waals surface area contributed by atoms with Gasteiger partial charge in [0, 0.05) is 31.6 Å². The Morgan fingerprint density at radius 3 is 2.70 bits per heavy atom. The number of thiophene rings is 1. The molecule has 1 aliphatic heterocycles. The molecule has 0 spiro atoms. The monoisotopic (exact) mass is 422 g/mol. The highest BCUT2D eigenvalue weighted by molar-refractivity contribution is 7.13. The van der Waals surface area contributed by atoms with Gasteiger partial charge in [0.05, 0.1) is 17.9 Å². The highest BCUT2D eigenvalue weighted by atomic mass is 32.1. The molecule has 0 radical (unpaired) electrons. The molecule has 1 aromatic carbocycles. The van der Waals surface area contributed by atoms with Crippen molar-refractivity contribution in [2.24, 2.45) is 5.41 Å². The summed E-state index contributed by atoms with van der Waals surface area (Å²) in [6, 6.07) is 12.6. The lowest BCUT2D eigenvalue weighted by Crippen LogP contribution is -2.44. The number of aromatic nitrogens is 2. The summed E-state index contributed by atoms with van der Waals surface area (Å²) in [6.07, 6.45) is 4.53. The zero-order valence-corrected chi connectivity index (χ0v) is 18.1. The molecule has 3 heterocycles. The first-order valence-electron chi connectivity index (χ1n) is 10.2. The van der Waals surface area contributed by atoms with Gasteiger partial charge in [0.2, 0.25) is 5.91 Å². The Labute approximate surface area is 180 Å². The van der Waals surface area contributed by atoms with Crippen LogP contribution in [0.15, 0.2) is 54.3 Å². The summed E-state index contributed by atoms with van der Waals surface area (Å²) in [7, 11) is 1.67. The number of nitrogens with one attached hydrogen (secondary N) is 1. The van der Waals surface area contributed by atoms with E-state index in [-0.39, 0.29) is 11.8 Å². The van der Waals surface area contributed by atoms with Crippen LogP contribution in [0.25, 0.3) is 10.4 Å². The van der Waals surface area contributed by atoms with Crippen LogP contribution in [-0.2, 0) is 17.8 Å². The van der Waals surface area contributed by atoms with E-state index in [9.17, 15) is 9.59 Å². The van der Waals surface area contributed by atoms with E-state index in [1.54, 1.807) is 35.8 Å². The third kappa shape index (κ3) is 3.77. The van der Waals surface area contributed by atoms with Gasteiger partial charge in [-0.1, -0.05) is 30.3 Å². The minimum Gasteiger partial charge on any atom is -0.359 e. The molecule has 1 fully saturated rings. The average Bonchev–Trinajstić information content (AvgIpc) is 3.54. The van der Waals surface area contributed by atoms with Crippen molar-refractivity contribution in [3.8, 4) is 10.4 Å². The highest BCUT2D eigenvalue weighted by Gasteiger charge is 2.46. The summed E-state index contributed by atoms with van der Waals surface area (Å²) in [5, 5.41) is 4.89. The Bertz CT molecular complexity index is 1030. The highest BCUT2D eigenvalue weighted by Crippen LogP contribution is 2.36. The summed E-state index contributed by atoms with van der Waals surface area (Å²) in [6.45, 7) is 3.64. The van der Waals surface area contributed by atoms with E-state index in [1.165, 1.54) is 10.4 Å². The van der Waals surface area contributed by atoms with Crippen LogP contribution in [-0.4, -0.2) is 46.4 Å². The molecular formula is C23H26N4O2S. The third-order valence-electron chi connectivity index (χ3n) is 5.92. The SMILES string of the molecule is CCn1cncc1C(=O)N1CCC(Cc2ccc(-c3cccs3)cc2)(C(=O)NC)C1. The third-order valence-corrected chi connectivity index (χ3v) is 6.84. The molecule has 1 saturated heterocycles. The number of likely N-dealkylation sites (tertiary alicyclic amines) is 1. The molecule has 1 unspecified atom stereocenters. The molecule has 0 aliphatic carbocycles. The number of carbonyl (C=O) groups is 2. The lowest BCUT2D eigenvalue weighted by atomic mass is 9.79. The second kappa shape index (κ2) is 8.44. The maximum Gasteiger partial charge on any atom is 0.272 e. The van der Waals surface area contributed by atoms with Crippen molar-refractivity contribution in [1.82, 2.24) is 19.8 Å². The topological polar surface area (TPSA) is 67.2 Å². The Morgan fingerprint density at radius 1 is 1.23 bits per heavy atom. The van der Waals surface area contributed by atoms with Crippen LogP contribution in [0.5, 0.6) is 0 Å². The summed E-state index contributed by atoms with van der Waals surface area (Å²) in [5.41, 5.74) is 2.24. The fourth-order valence-corrected chi connectivity index (χ4v) is 4.99. The summed E-state index contributed by atoms with van der Waals surface area (Å²) in [4.78, 5) is 33.1. The normalized spacial score (nSPS) is 18.5. The van der Waals surface area contributed by atoms with E-state index < -0.39 is 5.41 Å². The molecule has 4 rings (SSSR count). The lowest BCUT2D eigenvalue weighted by Gasteiger charge is -2.28. The van der Waals surface area contributed by atoms with Crippen LogP contribution >= 0.6 is 11.3 Å².